The van der Waals surface area contributed by atoms with Gasteiger partial charge in [-0.25, -0.2) is 0 Å². The van der Waals surface area contributed by atoms with Gasteiger partial charge in [0.2, 0.25) is 11.8 Å². The minimum atomic E-state index is -1.36. The Balaban J connectivity index is 1.34. The van der Waals surface area contributed by atoms with Crippen molar-refractivity contribution >= 4 is 35.0 Å². The molecule has 2 N–H and O–H groups in total. The highest BCUT2D eigenvalue weighted by atomic mass is 16.3. The number of phenolic OH excluding ortho intramolecular Hbond substituents is 1. The summed E-state index contributed by atoms with van der Waals surface area (Å²) < 4.78 is 0. The van der Waals surface area contributed by atoms with Gasteiger partial charge < -0.3 is 5.11 Å². The minimum Gasteiger partial charge on any atom is -0.507 e. The molecule has 8 rings (SSSR count). The van der Waals surface area contributed by atoms with Crippen LogP contribution < -0.4 is 10.3 Å². The van der Waals surface area contributed by atoms with E-state index in [0.29, 0.717) is 34.5 Å². The standard InChI is InChI=1S/C41H37N3O5/c1-23-14-16-28(17-15-23)42-44-38(47)33-22-32-30(18-19-31-34(32)39(48)43(37(31)46)29-12-8-5-9-13-29)35(26-20-24(2)36(45)25(3)21-26)41(33,40(44)49)27-10-6-4-7-11-27/h4-18,20-21,31-35,42,45H,19,22H2,1-3H3/t31-,32+,33-,34-,35-,41+/m0/s1. The van der Waals surface area contributed by atoms with E-state index in [-0.39, 0.29) is 35.8 Å². The lowest BCUT2D eigenvalue weighted by atomic mass is 9.49. The zero-order valence-corrected chi connectivity index (χ0v) is 27.6. The third-order valence-electron chi connectivity index (χ3n) is 11.3. The zero-order chi connectivity index (χ0) is 34.2. The van der Waals surface area contributed by atoms with E-state index in [1.807, 2.05) is 93.6 Å². The molecule has 3 fully saturated rings. The molecule has 8 heteroatoms. The van der Waals surface area contributed by atoms with Gasteiger partial charge in [-0.3, -0.25) is 29.5 Å². The van der Waals surface area contributed by atoms with E-state index in [0.717, 1.165) is 16.7 Å². The number of phenols is 1. The van der Waals surface area contributed by atoms with Gasteiger partial charge in [-0.05, 0) is 86.1 Å². The Morgan fingerprint density at radius 1 is 0.755 bits per heavy atom. The van der Waals surface area contributed by atoms with E-state index < -0.39 is 35.0 Å². The number of anilines is 2. The van der Waals surface area contributed by atoms with Crippen molar-refractivity contribution < 1.29 is 24.3 Å². The number of fused-ring (bicyclic) bond motifs is 4. The third-order valence-corrected chi connectivity index (χ3v) is 11.3. The van der Waals surface area contributed by atoms with Gasteiger partial charge in [0.1, 0.15) is 5.75 Å². The van der Waals surface area contributed by atoms with Crippen LogP contribution in [0.2, 0.25) is 0 Å². The fraction of sp³-hybridized carbons (Fsp3) is 0.268. The van der Waals surface area contributed by atoms with Gasteiger partial charge >= 0.3 is 0 Å². The summed E-state index contributed by atoms with van der Waals surface area (Å²) in [5.74, 6) is -4.26. The highest BCUT2D eigenvalue weighted by Crippen LogP contribution is 2.64. The van der Waals surface area contributed by atoms with Crippen LogP contribution >= 0.6 is 0 Å². The van der Waals surface area contributed by atoms with Gasteiger partial charge in [-0.15, -0.1) is 0 Å². The first-order chi connectivity index (χ1) is 23.6. The summed E-state index contributed by atoms with van der Waals surface area (Å²) in [7, 11) is 0. The van der Waals surface area contributed by atoms with Crippen LogP contribution in [0.15, 0.2) is 109 Å². The Bertz CT molecular complexity index is 2030. The number of carbonyl (C=O) groups is 4. The van der Waals surface area contributed by atoms with Gasteiger partial charge in [-0.1, -0.05) is 90.0 Å². The molecule has 0 unspecified atom stereocenters. The number of aryl methyl sites for hydroxylation is 3. The molecular weight excluding hydrogens is 614 g/mol. The van der Waals surface area contributed by atoms with Crippen LogP contribution in [0, 0.1) is 44.4 Å². The fourth-order valence-electron chi connectivity index (χ4n) is 9.11. The van der Waals surface area contributed by atoms with Crippen molar-refractivity contribution in [1.29, 1.82) is 0 Å². The topological polar surface area (TPSA) is 107 Å². The first-order valence-corrected chi connectivity index (χ1v) is 16.8. The van der Waals surface area contributed by atoms with E-state index in [2.05, 4.69) is 11.5 Å². The van der Waals surface area contributed by atoms with E-state index in [1.54, 1.807) is 24.3 Å². The highest BCUT2D eigenvalue weighted by Gasteiger charge is 2.70. The van der Waals surface area contributed by atoms with E-state index in [1.165, 1.54) is 9.91 Å². The fourth-order valence-corrected chi connectivity index (χ4v) is 9.11. The summed E-state index contributed by atoms with van der Waals surface area (Å²) in [6.45, 7) is 5.62. The lowest BCUT2D eigenvalue weighted by Gasteiger charge is -2.50. The molecule has 8 nitrogen and oxygen atoms in total. The van der Waals surface area contributed by atoms with Crippen molar-refractivity contribution in [2.45, 2.75) is 44.9 Å². The van der Waals surface area contributed by atoms with Crippen molar-refractivity contribution in [2.75, 3.05) is 10.3 Å². The molecule has 2 aliphatic carbocycles. The summed E-state index contributed by atoms with van der Waals surface area (Å²) >= 11 is 0. The maximum Gasteiger partial charge on any atom is 0.260 e. The zero-order valence-electron chi connectivity index (χ0n) is 27.6. The van der Waals surface area contributed by atoms with Gasteiger partial charge in [0.15, 0.2) is 0 Å². The Morgan fingerprint density at radius 2 is 1.39 bits per heavy atom. The maximum absolute atomic E-state index is 15.3. The van der Waals surface area contributed by atoms with Crippen molar-refractivity contribution in [3.63, 3.8) is 0 Å². The Morgan fingerprint density at radius 3 is 2.04 bits per heavy atom. The number of hydrogen-bond donors (Lipinski definition) is 2. The Kier molecular flexibility index (Phi) is 7.10. The predicted molar refractivity (Wildman–Crippen MR) is 185 cm³/mol. The normalized spacial score (nSPS) is 27.5. The molecule has 6 atom stereocenters. The average Bonchev–Trinajstić information content (AvgIpc) is 3.49. The summed E-state index contributed by atoms with van der Waals surface area (Å²) in [6.07, 6.45) is 2.63. The Labute approximate surface area is 285 Å². The molecule has 2 aliphatic heterocycles. The second-order valence-electron chi connectivity index (χ2n) is 13.9. The number of imide groups is 2. The van der Waals surface area contributed by atoms with Gasteiger partial charge in [0.05, 0.1) is 34.5 Å². The summed E-state index contributed by atoms with van der Waals surface area (Å²) in [6, 6.07) is 29.8. The highest BCUT2D eigenvalue weighted by molar-refractivity contribution is 6.22. The number of hydrazine groups is 1. The number of hydrogen-bond acceptors (Lipinski definition) is 6. The van der Waals surface area contributed by atoms with Crippen molar-refractivity contribution in [3.8, 4) is 5.75 Å². The van der Waals surface area contributed by atoms with Crippen molar-refractivity contribution in [3.05, 3.63) is 137 Å². The van der Waals surface area contributed by atoms with Crippen molar-refractivity contribution in [1.82, 2.24) is 5.01 Å². The molecule has 0 spiro atoms. The van der Waals surface area contributed by atoms with Crippen LogP contribution in [0.5, 0.6) is 5.75 Å². The summed E-state index contributed by atoms with van der Waals surface area (Å²) in [5, 5.41) is 12.0. The number of carbonyl (C=O) groups excluding carboxylic acids is 4. The van der Waals surface area contributed by atoms with Gasteiger partial charge in [-0.2, -0.15) is 5.01 Å². The molecule has 0 aromatic heterocycles. The lowest BCUT2D eigenvalue weighted by Crippen LogP contribution is -2.53. The smallest absolute Gasteiger partial charge is 0.260 e. The molecule has 4 aromatic rings. The Hall–Kier alpha value is -5.50. The lowest BCUT2D eigenvalue weighted by molar-refractivity contribution is -0.138. The molecule has 0 bridgehead atoms. The molecule has 49 heavy (non-hydrogen) atoms. The number of allylic oxidation sites excluding steroid dienone is 2. The van der Waals surface area contributed by atoms with Crippen LogP contribution in [-0.4, -0.2) is 33.7 Å². The predicted octanol–water partition coefficient (Wildman–Crippen LogP) is 6.51. The number of nitrogens with zero attached hydrogens (tertiary/aromatic N) is 2. The van der Waals surface area contributed by atoms with Crippen LogP contribution in [0.25, 0.3) is 0 Å². The van der Waals surface area contributed by atoms with Crippen molar-refractivity contribution in [2.24, 2.45) is 23.7 Å². The van der Waals surface area contributed by atoms with Crippen LogP contribution in [-0.2, 0) is 24.6 Å². The molecule has 4 aromatic carbocycles. The van der Waals surface area contributed by atoms with Crippen LogP contribution in [0.3, 0.4) is 0 Å². The summed E-state index contributed by atoms with van der Waals surface area (Å²) in [5.41, 5.74) is 7.65. The molecule has 0 radical (unpaired) electrons. The molecule has 4 aliphatic rings. The van der Waals surface area contributed by atoms with Gasteiger partial charge in [0, 0.05) is 5.92 Å². The van der Waals surface area contributed by atoms with Gasteiger partial charge in [0.25, 0.3) is 11.8 Å². The van der Waals surface area contributed by atoms with E-state index in [4.69, 9.17) is 0 Å². The van der Waals surface area contributed by atoms with Crippen LogP contribution in [0.4, 0.5) is 11.4 Å². The quantitative estimate of drug-likeness (QED) is 0.188. The molecular formula is C41H37N3O5. The molecule has 2 saturated heterocycles. The second-order valence-corrected chi connectivity index (χ2v) is 13.9. The van der Waals surface area contributed by atoms with E-state index >= 15 is 4.79 Å². The first-order valence-electron chi connectivity index (χ1n) is 16.8. The number of rotatable bonds is 5. The summed E-state index contributed by atoms with van der Waals surface area (Å²) in [4.78, 5) is 59.7. The van der Waals surface area contributed by atoms with E-state index in [9.17, 15) is 19.5 Å². The second kappa shape index (κ2) is 11.3. The molecule has 2 heterocycles. The number of aromatic hydroxyl groups is 1. The first kappa shape index (κ1) is 30.8. The largest absolute Gasteiger partial charge is 0.507 e. The number of para-hydroxylation sites is 1. The molecule has 246 valence electrons. The number of nitrogens with one attached hydrogen (secondary N) is 1. The third kappa shape index (κ3) is 4.43. The number of benzene rings is 4. The number of amides is 4. The molecule has 1 saturated carbocycles. The average molecular weight is 652 g/mol. The molecule has 4 amide bonds. The SMILES string of the molecule is Cc1ccc(NN2C(=O)[C@@H]3C[C@@H]4C(=CC[C@@H]5C(=O)N(c6ccccc6)C(=O)[C@@H]54)[C@H](c4cc(C)c(O)c(C)c4)[C@]3(c3ccccc3)C2=O)cc1. The maximum atomic E-state index is 15.3. The van der Waals surface area contributed by atoms with Crippen LogP contribution in [0.1, 0.15) is 46.6 Å². The minimum absolute atomic E-state index is 0.172. The monoisotopic (exact) mass is 651 g/mol.